The zero-order valence-corrected chi connectivity index (χ0v) is 16.3. The van der Waals surface area contributed by atoms with E-state index < -0.39 is 0 Å². The summed E-state index contributed by atoms with van der Waals surface area (Å²) in [5.74, 6) is 0.413. The third-order valence-electron chi connectivity index (χ3n) is 3.57. The van der Waals surface area contributed by atoms with Gasteiger partial charge < -0.3 is 14.8 Å². The number of amides is 1. The van der Waals surface area contributed by atoms with Gasteiger partial charge in [-0.3, -0.25) is 4.79 Å². The molecule has 0 unspecified atom stereocenters. The first-order valence-corrected chi connectivity index (χ1v) is 8.83. The summed E-state index contributed by atoms with van der Waals surface area (Å²) >= 11 is 7.63. The molecule has 7 heteroatoms. The minimum atomic E-state index is -0.367. The second-order valence-corrected chi connectivity index (χ2v) is 7.34. The lowest BCUT2D eigenvalue weighted by Crippen LogP contribution is -2.13. The van der Waals surface area contributed by atoms with Crippen LogP contribution in [0.2, 0.25) is 5.02 Å². The van der Waals surface area contributed by atoms with Crippen molar-refractivity contribution in [3.8, 4) is 17.6 Å². The average molecular weight is 379 g/mol. The van der Waals surface area contributed by atoms with Crippen LogP contribution in [0.15, 0.2) is 12.1 Å². The van der Waals surface area contributed by atoms with Crippen molar-refractivity contribution in [2.75, 3.05) is 12.4 Å². The van der Waals surface area contributed by atoms with Gasteiger partial charge in [-0.05, 0) is 45.4 Å². The molecule has 1 aromatic carbocycles. The van der Waals surface area contributed by atoms with Crippen LogP contribution in [0.25, 0.3) is 0 Å². The average Bonchev–Trinajstić information content (AvgIpc) is 2.82. The summed E-state index contributed by atoms with van der Waals surface area (Å²) in [4.78, 5) is 13.6. The summed E-state index contributed by atoms with van der Waals surface area (Å²) < 4.78 is 10.9. The summed E-state index contributed by atoms with van der Waals surface area (Å²) in [6.45, 7) is 7.52. The number of nitrogens with zero attached hydrogens (tertiary/aromatic N) is 1. The number of halogens is 1. The number of anilines is 1. The first-order valence-electron chi connectivity index (χ1n) is 7.64. The van der Waals surface area contributed by atoms with Gasteiger partial charge in [-0.2, -0.15) is 5.26 Å². The van der Waals surface area contributed by atoms with Crippen molar-refractivity contribution in [2.24, 2.45) is 0 Å². The van der Waals surface area contributed by atoms with E-state index in [2.05, 4.69) is 11.4 Å². The van der Waals surface area contributed by atoms with Crippen molar-refractivity contribution in [1.29, 1.82) is 5.26 Å². The molecule has 0 saturated heterocycles. The Morgan fingerprint density at radius 3 is 2.60 bits per heavy atom. The molecule has 0 spiro atoms. The summed E-state index contributed by atoms with van der Waals surface area (Å²) in [5, 5.41) is 12.9. The van der Waals surface area contributed by atoms with Gasteiger partial charge in [0.25, 0.3) is 5.91 Å². The molecule has 1 heterocycles. The Balaban J connectivity index is 2.36. The molecule has 0 radical (unpaired) electrons. The molecule has 2 rings (SSSR count). The topological polar surface area (TPSA) is 71.3 Å². The maximum atomic E-state index is 12.6. The number of carbonyl (C=O) groups is 1. The minimum absolute atomic E-state index is 0.0821. The number of nitriles is 1. The zero-order valence-electron chi connectivity index (χ0n) is 14.7. The smallest absolute Gasteiger partial charge is 0.256 e. The number of carbonyl (C=O) groups excluding carboxylic acids is 1. The SMILES string of the molecule is COc1cc(C(=O)Nc2sc(C)c(C)c2C#N)cc(Cl)c1OC(C)C. The van der Waals surface area contributed by atoms with Crippen molar-refractivity contribution in [3.63, 3.8) is 0 Å². The third kappa shape index (κ3) is 4.06. The quantitative estimate of drug-likeness (QED) is 0.799. The third-order valence-corrected chi connectivity index (χ3v) is 4.97. The molecule has 0 aliphatic carbocycles. The van der Waals surface area contributed by atoms with Crippen LogP contribution in [-0.4, -0.2) is 19.1 Å². The number of aryl methyl sites for hydroxylation is 1. The molecule has 0 fully saturated rings. The molecule has 0 aliphatic rings. The number of hydrogen-bond acceptors (Lipinski definition) is 5. The van der Waals surface area contributed by atoms with Gasteiger partial charge in [0, 0.05) is 10.4 Å². The van der Waals surface area contributed by atoms with Crippen LogP contribution in [0.4, 0.5) is 5.00 Å². The number of rotatable bonds is 5. The molecule has 0 bridgehead atoms. The zero-order chi connectivity index (χ0) is 18.7. The number of benzene rings is 1. The van der Waals surface area contributed by atoms with Crippen LogP contribution in [0.3, 0.4) is 0 Å². The lowest BCUT2D eigenvalue weighted by atomic mass is 10.1. The second kappa shape index (κ2) is 7.77. The molecular formula is C18H19ClN2O3S. The van der Waals surface area contributed by atoms with E-state index >= 15 is 0 Å². The van der Waals surface area contributed by atoms with E-state index in [0.717, 1.165) is 10.4 Å². The molecule has 0 atom stereocenters. The normalized spacial score (nSPS) is 10.5. The Kier molecular flexibility index (Phi) is 5.93. The van der Waals surface area contributed by atoms with E-state index in [9.17, 15) is 10.1 Å². The molecule has 25 heavy (non-hydrogen) atoms. The minimum Gasteiger partial charge on any atom is -0.493 e. The largest absolute Gasteiger partial charge is 0.493 e. The Bertz CT molecular complexity index is 853. The maximum absolute atomic E-state index is 12.6. The van der Waals surface area contributed by atoms with Crippen LogP contribution in [0.1, 0.15) is 40.2 Å². The monoisotopic (exact) mass is 378 g/mol. The van der Waals surface area contributed by atoms with Gasteiger partial charge in [0.05, 0.1) is 23.8 Å². The van der Waals surface area contributed by atoms with Crippen LogP contribution in [-0.2, 0) is 0 Å². The highest BCUT2D eigenvalue weighted by Crippen LogP contribution is 2.38. The molecule has 132 valence electrons. The maximum Gasteiger partial charge on any atom is 0.256 e. The molecule has 2 aromatic rings. The van der Waals surface area contributed by atoms with E-state index in [1.165, 1.54) is 24.5 Å². The van der Waals surface area contributed by atoms with Crippen LogP contribution in [0.5, 0.6) is 11.5 Å². The van der Waals surface area contributed by atoms with Gasteiger partial charge in [0.1, 0.15) is 11.1 Å². The van der Waals surface area contributed by atoms with Gasteiger partial charge in [0.2, 0.25) is 0 Å². The number of hydrogen-bond donors (Lipinski definition) is 1. The predicted octanol–water partition coefficient (Wildman–Crippen LogP) is 4.94. The predicted molar refractivity (Wildman–Crippen MR) is 100 cm³/mol. The van der Waals surface area contributed by atoms with Gasteiger partial charge in [0.15, 0.2) is 11.5 Å². The van der Waals surface area contributed by atoms with Gasteiger partial charge in [-0.25, -0.2) is 0 Å². The Hall–Kier alpha value is -2.23. The Morgan fingerprint density at radius 2 is 2.04 bits per heavy atom. The number of methoxy groups -OCH3 is 1. The van der Waals surface area contributed by atoms with Crippen molar-refractivity contribution < 1.29 is 14.3 Å². The fourth-order valence-electron chi connectivity index (χ4n) is 2.23. The summed E-state index contributed by atoms with van der Waals surface area (Å²) in [7, 11) is 1.49. The number of nitrogens with one attached hydrogen (secondary N) is 1. The first kappa shape index (κ1) is 19.1. The fourth-order valence-corrected chi connectivity index (χ4v) is 3.49. The molecule has 0 saturated carbocycles. The highest BCUT2D eigenvalue weighted by Gasteiger charge is 2.19. The van der Waals surface area contributed by atoms with Crippen molar-refractivity contribution in [2.45, 2.75) is 33.8 Å². The number of ether oxygens (including phenoxy) is 2. The van der Waals surface area contributed by atoms with Gasteiger partial charge >= 0.3 is 0 Å². The molecule has 1 aromatic heterocycles. The van der Waals surface area contributed by atoms with E-state index in [4.69, 9.17) is 21.1 Å². The van der Waals surface area contributed by atoms with E-state index in [1.807, 2.05) is 27.7 Å². The fraction of sp³-hybridized carbons (Fsp3) is 0.333. The van der Waals surface area contributed by atoms with Crippen molar-refractivity contribution in [3.05, 3.63) is 38.7 Å². The van der Waals surface area contributed by atoms with E-state index in [-0.39, 0.29) is 17.0 Å². The van der Waals surface area contributed by atoms with Crippen LogP contribution < -0.4 is 14.8 Å². The Labute approximate surface area is 156 Å². The highest BCUT2D eigenvalue weighted by atomic mass is 35.5. The molecule has 5 nitrogen and oxygen atoms in total. The van der Waals surface area contributed by atoms with E-state index in [1.54, 1.807) is 6.07 Å². The lowest BCUT2D eigenvalue weighted by Gasteiger charge is -2.16. The van der Waals surface area contributed by atoms with Crippen molar-refractivity contribution in [1.82, 2.24) is 0 Å². The summed E-state index contributed by atoms with van der Waals surface area (Å²) in [5.41, 5.74) is 1.68. The molecule has 1 N–H and O–H groups in total. The Morgan fingerprint density at radius 1 is 1.36 bits per heavy atom. The second-order valence-electron chi connectivity index (χ2n) is 5.71. The van der Waals surface area contributed by atoms with Gasteiger partial charge in [-0.15, -0.1) is 11.3 Å². The standard InChI is InChI=1S/C18H19ClN2O3S/c1-9(2)24-16-14(19)6-12(7-15(16)23-5)17(22)21-18-13(8-20)10(3)11(4)25-18/h6-7,9H,1-5H3,(H,21,22). The summed E-state index contributed by atoms with van der Waals surface area (Å²) in [6.07, 6.45) is -0.0821. The first-order chi connectivity index (χ1) is 11.8. The van der Waals surface area contributed by atoms with Crippen molar-refractivity contribution >= 4 is 33.8 Å². The van der Waals surface area contributed by atoms with E-state index in [0.29, 0.717) is 27.6 Å². The highest BCUT2D eigenvalue weighted by molar-refractivity contribution is 7.16. The lowest BCUT2D eigenvalue weighted by molar-refractivity contribution is 0.102. The molecular weight excluding hydrogens is 360 g/mol. The summed E-state index contributed by atoms with van der Waals surface area (Å²) in [6, 6.07) is 5.22. The van der Waals surface area contributed by atoms with Crippen LogP contribution in [0, 0.1) is 25.2 Å². The van der Waals surface area contributed by atoms with Crippen LogP contribution >= 0.6 is 22.9 Å². The molecule has 1 amide bonds. The molecule has 0 aliphatic heterocycles. The number of thiophene rings is 1. The van der Waals surface area contributed by atoms with Gasteiger partial charge in [-0.1, -0.05) is 11.6 Å².